The summed E-state index contributed by atoms with van der Waals surface area (Å²) < 4.78 is 7.66. The Hall–Kier alpha value is -4.57. The Balaban J connectivity index is 1.21. The van der Waals surface area contributed by atoms with E-state index in [9.17, 15) is 10.0 Å². The van der Waals surface area contributed by atoms with Gasteiger partial charge < -0.3 is 9.94 Å². The first-order chi connectivity index (χ1) is 20.3. The van der Waals surface area contributed by atoms with Crippen molar-refractivity contribution in [3.63, 3.8) is 0 Å². The van der Waals surface area contributed by atoms with Gasteiger partial charge in [-0.1, -0.05) is 36.6 Å². The van der Waals surface area contributed by atoms with E-state index in [0.29, 0.717) is 34.3 Å². The number of halogens is 1. The number of tetrazole rings is 1. The van der Waals surface area contributed by atoms with Gasteiger partial charge in [0, 0.05) is 46.2 Å². The largest absolute Gasteiger partial charge is 0.618 e. The Labute approximate surface area is 248 Å². The van der Waals surface area contributed by atoms with Gasteiger partial charge in [-0.25, -0.2) is 4.79 Å². The molecule has 11 heteroatoms. The third-order valence-electron chi connectivity index (χ3n) is 7.44. The maximum atomic E-state index is 13.6. The zero-order chi connectivity index (χ0) is 29.2. The fraction of sp³-hybridized carbons (Fsp3) is 0.290. The Morgan fingerprint density at radius 3 is 2.62 bits per heavy atom. The lowest BCUT2D eigenvalue weighted by atomic mass is 9.88. The molecule has 0 saturated heterocycles. The molecule has 2 aromatic carbocycles. The third kappa shape index (κ3) is 6.18. The van der Waals surface area contributed by atoms with Crippen LogP contribution in [0.15, 0.2) is 78.3 Å². The summed E-state index contributed by atoms with van der Waals surface area (Å²) in [5.41, 5.74) is 6.59. The van der Waals surface area contributed by atoms with Crippen LogP contribution in [0.1, 0.15) is 56.7 Å². The summed E-state index contributed by atoms with van der Waals surface area (Å²) in [6.45, 7) is 3.61. The molecule has 4 aromatic rings. The Bertz CT molecular complexity index is 1660. The highest BCUT2D eigenvalue weighted by molar-refractivity contribution is 6.31. The molecular formula is C31H30ClN7O3. The van der Waals surface area contributed by atoms with E-state index in [1.54, 1.807) is 36.9 Å². The summed E-state index contributed by atoms with van der Waals surface area (Å²) in [6.07, 6.45) is 8.19. The third-order valence-corrected chi connectivity index (χ3v) is 7.67. The monoisotopic (exact) mass is 583 g/mol. The second kappa shape index (κ2) is 11.7. The van der Waals surface area contributed by atoms with Crippen molar-refractivity contribution in [2.24, 2.45) is 10.9 Å². The fourth-order valence-corrected chi connectivity index (χ4v) is 5.39. The van der Waals surface area contributed by atoms with Crippen LogP contribution in [0, 0.1) is 11.1 Å². The molecule has 10 nitrogen and oxygen atoms in total. The van der Waals surface area contributed by atoms with Crippen molar-refractivity contribution in [2.45, 2.75) is 51.6 Å². The predicted octanol–water partition coefficient (Wildman–Crippen LogP) is 6.34. The molecule has 0 radical (unpaired) electrons. The molecule has 1 aliphatic carbocycles. The molecular weight excluding hydrogens is 554 g/mol. The first-order valence-corrected chi connectivity index (χ1v) is 14.3. The van der Waals surface area contributed by atoms with Gasteiger partial charge in [-0.05, 0) is 84.1 Å². The van der Waals surface area contributed by atoms with Crippen LogP contribution < -0.4 is 10.0 Å². The van der Waals surface area contributed by atoms with Gasteiger partial charge in [0.25, 0.3) is 0 Å². The number of hydrogen-bond acceptors (Lipinski definition) is 7. The minimum atomic E-state index is -0.481. The van der Waals surface area contributed by atoms with Crippen LogP contribution in [0.25, 0.3) is 22.4 Å². The van der Waals surface area contributed by atoms with Crippen LogP contribution in [0.5, 0.6) is 0 Å². The minimum absolute atomic E-state index is 0.0945. The van der Waals surface area contributed by atoms with Crippen molar-refractivity contribution < 1.29 is 14.3 Å². The standard InChI is InChI=1S/C31H30ClN7O3/c1-19(2)42-31(40)35-25-9-5-21(6-10-25)23-14-28(33-16-23)27(13-20-3-4-20)30-11-7-22(17-39(30)41)26-15-24(32)8-12-29(26)38-18-34-36-37-38/h5-12,15-20,27H,3-4,13-14H2,1-2H3,(H,35,40). The Kier molecular flexibility index (Phi) is 7.71. The van der Waals surface area contributed by atoms with E-state index in [-0.39, 0.29) is 12.0 Å². The topological polar surface area (TPSA) is 121 Å². The number of hydrogen-bond donors (Lipinski definition) is 1. The van der Waals surface area contributed by atoms with Crippen LogP contribution in [0.4, 0.5) is 10.5 Å². The van der Waals surface area contributed by atoms with E-state index in [4.69, 9.17) is 21.3 Å². The number of amides is 1. The number of aromatic nitrogens is 5. The van der Waals surface area contributed by atoms with Crippen molar-refractivity contribution in [3.05, 3.63) is 94.8 Å². The van der Waals surface area contributed by atoms with E-state index in [1.165, 1.54) is 19.2 Å². The van der Waals surface area contributed by atoms with Crippen molar-refractivity contribution in [2.75, 3.05) is 5.32 Å². The van der Waals surface area contributed by atoms with Crippen LogP contribution in [0.2, 0.25) is 5.02 Å². The number of allylic oxidation sites excluding steroid dienone is 1. The average molecular weight is 584 g/mol. The molecule has 0 spiro atoms. The lowest BCUT2D eigenvalue weighted by molar-refractivity contribution is -0.614. The number of rotatable bonds is 9. The van der Waals surface area contributed by atoms with E-state index in [0.717, 1.165) is 39.3 Å². The lowest BCUT2D eigenvalue weighted by Crippen LogP contribution is -2.35. The average Bonchev–Trinajstić information content (AvgIpc) is 3.39. The fourth-order valence-electron chi connectivity index (χ4n) is 5.21. The normalized spacial score (nSPS) is 15.3. The molecule has 1 N–H and O–H groups in total. The number of ether oxygens (including phenoxy) is 1. The SMILES string of the molecule is CC(C)OC(=O)Nc1ccc(C2=CN=C(C(CC3CC3)c3ccc(-c4cc(Cl)ccc4-n4cnnn4)c[n+]3[O-])C2)cc1. The molecule has 1 atom stereocenters. The van der Waals surface area contributed by atoms with Gasteiger partial charge in [0.05, 0.1) is 17.7 Å². The van der Waals surface area contributed by atoms with E-state index in [2.05, 4.69) is 20.8 Å². The molecule has 2 aromatic heterocycles. The van der Waals surface area contributed by atoms with Crippen molar-refractivity contribution >= 4 is 34.7 Å². The molecule has 6 rings (SSSR count). The second-order valence-corrected chi connectivity index (χ2v) is 11.4. The predicted molar refractivity (Wildman–Crippen MR) is 160 cm³/mol. The summed E-state index contributed by atoms with van der Waals surface area (Å²) in [4.78, 5) is 16.7. The second-order valence-electron chi connectivity index (χ2n) is 10.9. The number of benzene rings is 2. The van der Waals surface area contributed by atoms with Gasteiger partial charge in [0.1, 0.15) is 6.33 Å². The summed E-state index contributed by atoms with van der Waals surface area (Å²) >= 11 is 6.32. The highest BCUT2D eigenvalue weighted by Crippen LogP contribution is 2.41. The zero-order valence-electron chi connectivity index (χ0n) is 23.3. The maximum Gasteiger partial charge on any atom is 0.411 e. The minimum Gasteiger partial charge on any atom is -0.618 e. The smallest absolute Gasteiger partial charge is 0.411 e. The Morgan fingerprint density at radius 1 is 1.14 bits per heavy atom. The molecule has 0 bridgehead atoms. The Morgan fingerprint density at radius 2 is 1.93 bits per heavy atom. The van der Waals surface area contributed by atoms with Crippen LogP contribution in [-0.4, -0.2) is 38.1 Å². The number of aliphatic imine (C=N–C) groups is 1. The molecule has 1 unspecified atom stereocenters. The molecule has 3 heterocycles. The van der Waals surface area contributed by atoms with Gasteiger partial charge in [0.2, 0.25) is 5.69 Å². The quantitative estimate of drug-likeness (QED) is 0.181. The zero-order valence-corrected chi connectivity index (χ0v) is 24.0. The number of nitrogens with zero attached hydrogens (tertiary/aromatic N) is 6. The van der Waals surface area contributed by atoms with Crippen LogP contribution in [0.3, 0.4) is 0 Å². The van der Waals surface area contributed by atoms with E-state index < -0.39 is 6.09 Å². The van der Waals surface area contributed by atoms with Crippen molar-refractivity contribution in [1.82, 2.24) is 20.2 Å². The highest BCUT2D eigenvalue weighted by Gasteiger charge is 2.34. The molecule has 1 aliphatic heterocycles. The highest BCUT2D eigenvalue weighted by atomic mass is 35.5. The maximum absolute atomic E-state index is 13.6. The van der Waals surface area contributed by atoms with Gasteiger partial charge in [0.15, 0.2) is 6.20 Å². The van der Waals surface area contributed by atoms with Gasteiger partial charge in [-0.2, -0.15) is 9.41 Å². The van der Waals surface area contributed by atoms with E-state index >= 15 is 0 Å². The van der Waals surface area contributed by atoms with E-state index in [1.807, 2.05) is 48.7 Å². The van der Waals surface area contributed by atoms with Crippen LogP contribution in [-0.2, 0) is 4.74 Å². The molecule has 1 fully saturated rings. The summed E-state index contributed by atoms with van der Waals surface area (Å²) in [7, 11) is 0. The summed E-state index contributed by atoms with van der Waals surface area (Å²) in [5.74, 6) is 0.500. The number of anilines is 1. The lowest BCUT2D eigenvalue weighted by Gasteiger charge is -2.18. The summed E-state index contributed by atoms with van der Waals surface area (Å²) in [6, 6.07) is 16.9. The number of nitrogens with one attached hydrogen (secondary N) is 1. The number of carbonyl (C=O) groups excluding carboxylic acids is 1. The van der Waals surface area contributed by atoms with Gasteiger partial charge in [-0.15, -0.1) is 5.10 Å². The van der Waals surface area contributed by atoms with Gasteiger partial charge in [-0.3, -0.25) is 10.3 Å². The number of pyridine rings is 1. The molecule has 214 valence electrons. The molecule has 2 aliphatic rings. The first-order valence-electron chi connectivity index (χ1n) is 13.9. The van der Waals surface area contributed by atoms with Crippen molar-refractivity contribution in [1.29, 1.82) is 0 Å². The molecule has 1 amide bonds. The van der Waals surface area contributed by atoms with Crippen molar-refractivity contribution in [3.8, 4) is 16.8 Å². The van der Waals surface area contributed by atoms with Crippen LogP contribution >= 0.6 is 11.6 Å². The number of carbonyl (C=O) groups is 1. The van der Waals surface area contributed by atoms with Gasteiger partial charge >= 0.3 is 6.09 Å². The molecule has 1 saturated carbocycles. The first kappa shape index (κ1) is 27.6. The molecule has 42 heavy (non-hydrogen) atoms. The summed E-state index contributed by atoms with van der Waals surface area (Å²) in [5, 5.41) is 28.3.